The SMILES string of the molecule is O=c1oc2ccccc2c2nc3c(cc12)-c1oncc1CC3. The van der Waals surface area contributed by atoms with Crippen LogP contribution in [0, 0.1) is 0 Å². The second kappa shape index (κ2) is 4.04. The molecule has 0 saturated carbocycles. The zero-order valence-corrected chi connectivity index (χ0v) is 11.5. The highest BCUT2D eigenvalue weighted by molar-refractivity contribution is 6.02. The Bertz CT molecular complexity index is 1110. The van der Waals surface area contributed by atoms with Crippen molar-refractivity contribution in [3.63, 3.8) is 0 Å². The average molecular weight is 290 g/mol. The van der Waals surface area contributed by atoms with E-state index in [0.29, 0.717) is 22.2 Å². The molecule has 22 heavy (non-hydrogen) atoms. The van der Waals surface area contributed by atoms with Crippen molar-refractivity contribution in [3.8, 4) is 11.3 Å². The smallest absolute Gasteiger partial charge is 0.345 e. The first-order chi connectivity index (χ1) is 10.8. The number of pyridine rings is 1. The molecule has 0 fully saturated rings. The van der Waals surface area contributed by atoms with Gasteiger partial charge in [0, 0.05) is 16.5 Å². The predicted octanol–water partition coefficient (Wildman–Crippen LogP) is 3.09. The van der Waals surface area contributed by atoms with Gasteiger partial charge in [-0.1, -0.05) is 17.3 Å². The summed E-state index contributed by atoms with van der Waals surface area (Å²) in [6, 6.07) is 9.28. The molecule has 0 aliphatic heterocycles. The number of nitrogens with zero attached hydrogens (tertiary/aromatic N) is 2. The minimum atomic E-state index is -0.379. The fraction of sp³-hybridized carbons (Fsp3) is 0.118. The zero-order valence-electron chi connectivity index (χ0n) is 11.5. The van der Waals surface area contributed by atoms with Gasteiger partial charge in [0.15, 0.2) is 5.76 Å². The van der Waals surface area contributed by atoms with Gasteiger partial charge in [-0.3, -0.25) is 4.98 Å². The lowest BCUT2D eigenvalue weighted by atomic mass is 9.94. The monoisotopic (exact) mass is 290 g/mol. The normalized spacial score (nSPS) is 13.3. The Balaban J connectivity index is 1.96. The van der Waals surface area contributed by atoms with E-state index in [4.69, 9.17) is 13.9 Å². The van der Waals surface area contributed by atoms with Gasteiger partial charge >= 0.3 is 5.63 Å². The van der Waals surface area contributed by atoms with E-state index in [9.17, 15) is 4.79 Å². The van der Waals surface area contributed by atoms with Crippen LogP contribution in [0.3, 0.4) is 0 Å². The topological polar surface area (TPSA) is 69.1 Å². The number of rotatable bonds is 0. The summed E-state index contributed by atoms with van der Waals surface area (Å²) < 4.78 is 10.7. The highest BCUT2D eigenvalue weighted by atomic mass is 16.5. The molecule has 5 rings (SSSR count). The Morgan fingerprint density at radius 3 is 2.95 bits per heavy atom. The van der Waals surface area contributed by atoms with Gasteiger partial charge in [0.05, 0.1) is 22.8 Å². The summed E-state index contributed by atoms with van der Waals surface area (Å²) in [4.78, 5) is 17.0. The van der Waals surface area contributed by atoms with Gasteiger partial charge in [0.25, 0.3) is 0 Å². The fourth-order valence-electron chi connectivity index (χ4n) is 3.12. The Morgan fingerprint density at radius 2 is 2.00 bits per heavy atom. The summed E-state index contributed by atoms with van der Waals surface area (Å²) in [5.74, 6) is 0.711. The fourth-order valence-corrected chi connectivity index (χ4v) is 3.12. The summed E-state index contributed by atoms with van der Waals surface area (Å²) in [7, 11) is 0. The summed E-state index contributed by atoms with van der Waals surface area (Å²) in [6.07, 6.45) is 3.39. The highest BCUT2D eigenvalue weighted by Crippen LogP contribution is 2.35. The molecule has 0 atom stereocenters. The van der Waals surface area contributed by atoms with Crippen LogP contribution >= 0.6 is 0 Å². The van der Waals surface area contributed by atoms with Crippen molar-refractivity contribution in [1.29, 1.82) is 0 Å². The lowest BCUT2D eigenvalue weighted by Crippen LogP contribution is -2.08. The maximum absolute atomic E-state index is 12.3. The molecule has 5 heteroatoms. The molecule has 106 valence electrons. The van der Waals surface area contributed by atoms with Crippen LogP contribution < -0.4 is 5.63 Å². The third-order valence-corrected chi connectivity index (χ3v) is 4.19. The van der Waals surface area contributed by atoms with Crippen LogP contribution in [0.25, 0.3) is 33.2 Å². The van der Waals surface area contributed by atoms with Gasteiger partial charge in [0.2, 0.25) is 0 Å². The molecule has 0 N–H and O–H groups in total. The van der Waals surface area contributed by atoms with Gasteiger partial charge in [0.1, 0.15) is 5.58 Å². The molecular weight excluding hydrogens is 280 g/mol. The standard InChI is InChI=1S/C17H10N2O3/c20-17-12-7-11-13(6-5-9-8-18-22-16(9)11)19-15(12)10-3-1-2-4-14(10)21-17/h1-4,7-8H,5-6H2. The maximum Gasteiger partial charge on any atom is 0.345 e. The van der Waals surface area contributed by atoms with E-state index in [1.807, 2.05) is 24.3 Å². The zero-order chi connectivity index (χ0) is 14.7. The van der Waals surface area contributed by atoms with Crippen molar-refractivity contribution in [2.24, 2.45) is 0 Å². The number of hydrogen-bond donors (Lipinski definition) is 0. The number of benzene rings is 1. The quantitative estimate of drug-likeness (QED) is 0.367. The van der Waals surface area contributed by atoms with Gasteiger partial charge in [-0.2, -0.15) is 0 Å². The summed E-state index contributed by atoms with van der Waals surface area (Å²) in [6.45, 7) is 0. The van der Waals surface area contributed by atoms with Crippen molar-refractivity contribution in [2.75, 3.05) is 0 Å². The van der Waals surface area contributed by atoms with E-state index in [-0.39, 0.29) is 5.63 Å². The number of fused-ring (bicyclic) bond motifs is 6. The Morgan fingerprint density at radius 1 is 1.09 bits per heavy atom. The van der Waals surface area contributed by atoms with Crippen LogP contribution in [0.15, 0.2) is 50.3 Å². The highest BCUT2D eigenvalue weighted by Gasteiger charge is 2.23. The van der Waals surface area contributed by atoms with Crippen molar-refractivity contribution >= 4 is 21.9 Å². The third kappa shape index (κ3) is 1.45. The molecule has 3 heterocycles. The molecular formula is C17H10N2O3. The number of hydrogen-bond acceptors (Lipinski definition) is 5. The summed E-state index contributed by atoms with van der Waals surface area (Å²) in [5.41, 5.74) is 3.70. The Kier molecular flexibility index (Phi) is 2.14. The van der Waals surface area contributed by atoms with Crippen LogP contribution in [0.2, 0.25) is 0 Å². The van der Waals surface area contributed by atoms with E-state index in [1.54, 1.807) is 12.3 Å². The van der Waals surface area contributed by atoms with Crippen LogP contribution in [0.1, 0.15) is 11.3 Å². The Labute approximate surface area is 124 Å². The minimum Gasteiger partial charge on any atom is -0.422 e. The lowest BCUT2D eigenvalue weighted by Gasteiger charge is -2.14. The van der Waals surface area contributed by atoms with E-state index in [2.05, 4.69) is 5.16 Å². The van der Waals surface area contributed by atoms with Gasteiger partial charge in [-0.15, -0.1) is 0 Å². The van der Waals surface area contributed by atoms with Gasteiger partial charge < -0.3 is 8.94 Å². The van der Waals surface area contributed by atoms with Crippen LogP contribution in [-0.4, -0.2) is 10.1 Å². The van der Waals surface area contributed by atoms with Crippen LogP contribution in [0.4, 0.5) is 0 Å². The molecule has 1 aliphatic rings. The second-order valence-electron chi connectivity index (χ2n) is 5.44. The van der Waals surface area contributed by atoms with E-state index >= 15 is 0 Å². The number of para-hydroxylation sites is 1. The van der Waals surface area contributed by atoms with Gasteiger partial charge in [-0.05, 0) is 31.0 Å². The van der Waals surface area contributed by atoms with E-state index in [1.165, 1.54) is 0 Å². The number of aryl methyl sites for hydroxylation is 2. The second-order valence-corrected chi connectivity index (χ2v) is 5.44. The molecule has 0 bridgehead atoms. The van der Waals surface area contributed by atoms with Crippen molar-refractivity contribution in [1.82, 2.24) is 10.1 Å². The molecule has 0 spiro atoms. The van der Waals surface area contributed by atoms with Crippen molar-refractivity contribution < 1.29 is 8.94 Å². The number of aromatic nitrogens is 2. The molecule has 4 aromatic rings. The maximum atomic E-state index is 12.3. The molecule has 3 aromatic heterocycles. The average Bonchev–Trinajstić information content (AvgIpc) is 3.03. The molecule has 0 unspecified atom stereocenters. The lowest BCUT2D eigenvalue weighted by molar-refractivity contribution is 0.430. The minimum absolute atomic E-state index is 0.379. The summed E-state index contributed by atoms with van der Waals surface area (Å²) >= 11 is 0. The van der Waals surface area contributed by atoms with Gasteiger partial charge in [-0.25, -0.2) is 4.79 Å². The first-order valence-electron chi connectivity index (χ1n) is 7.10. The van der Waals surface area contributed by atoms with Crippen LogP contribution in [0.5, 0.6) is 0 Å². The summed E-state index contributed by atoms with van der Waals surface area (Å²) in [5, 5.41) is 5.17. The van der Waals surface area contributed by atoms with Crippen molar-refractivity contribution in [3.05, 3.63) is 58.2 Å². The molecule has 1 aliphatic carbocycles. The van der Waals surface area contributed by atoms with E-state index < -0.39 is 0 Å². The first-order valence-corrected chi connectivity index (χ1v) is 7.10. The molecule has 0 radical (unpaired) electrons. The molecule has 1 aromatic carbocycles. The van der Waals surface area contributed by atoms with E-state index in [0.717, 1.165) is 35.0 Å². The molecule has 0 saturated heterocycles. The molecule has 5 nitrogen and oxygen atoms in total. The first kappa shape index (κ1) is 11.7. The largest absolute Gasteiger partial charge is 0.422 e. The van der Waals surface area contributed by atoms with Crippen molar-refractivity contribution in [2.45, 2.75) is 12.8 Å². The molecule has 0 amide bonds. The van der Waals surface area contributed by atoms with Crippen LogP contribution in [-0.2, 0) is 12.8 Å². The predicted molar refractivity (Wildman–Crippen MR) is 80.7 cm³/mol. The third-order valence-electron chi connectivity index (χ3n) is 4.19. The Hall–Kier alpha value is -2.95.